The summed E-state index contributed by atoms with van der Waals surface area (Å²) in [6, 6.07) is 14.9. The lowest BCUT2D eigenvalue weighted by Crippen LogP contribution is -2.52. The molecule has 0 unspecified atom stereocenters. The van der Waals surface area contributed by atoms with Crippen LogP contribution in [0.15, 0.2) is 60.9 Å². The van der Waals surface area contributed by atoms with Gasteiger partial charge in [-0.05, 0) is 74.6 Å². The number of nitrogens with one attached hydrogen (secondary N) is 2. The van der Waals surface area contributed by atoms with Crippen molar-refractivity contribution in [1.29, 1.82) is 5.26 Å². The maximum Gasteiger partial charge on any atom is 0.270 e. The van der Waals surface area contributed by atoms with E-state index in [1.165, 1.54) is 27.8 Å². The quantitative estimate of drug-likeness (QED) is 0.261. The molecular formula is C32H25Cl2FN8O3. The van der Waals surface area contributed by atoms with Crippen LogP contribution in [0.25, 0.3) is 0 Å². The van der Waals surface area contributed by atoms with Crippen molar-refractivity contribution in [3.8, 4) is 6.07 Å². The molecule has 1 aliphatic heterocycles. The number of imidazole rings is 1. The largest absolute Gasteiger partial charge is 0.343 e. The summed E-state index contributed by atoms with van der Waals surface area (Å²) in [4.78, 5) is 47.5. The van der Waals surface area contributed by atoms with Gasteiger partial charge in [-0.25, -0.2) is 14.3 Å². The summed E-state index contributed by atoms with van der Waals surface area (Å²) in [5, 5.41) is 22.8. The minimum absolute atomic E-state index is 0.0513. The van der Waals surface area contributed by atoms with Crippen molar-refractivity contribution in [2.75, 3.05) is 4.90 Å². The van der Waals surface area contributed by atoms with Crippen molar-refractivity contribution < 1.29 is 18.8 Å². The van der Waals surface area contributed by atoms with Crippen LogP contribution in [0.2, 0.25) is 10.0 Å². The van der Waals surface area contributed by atoms with Crippen LogP contribution in [-0.2, 0) is 27.1 Å². The van der Waals surface area contributed by atoms with Crippen LogP contribution in [0, 0.1) is 17.1 Å². The zero-order chi connectivity index (χ0) is 32.4. The number of nitriles is 1. The average molecular weight is 660 g/mol. The summed E-state index contributed by atoms with van der Waals surface area (Å²) in [6.45, 7) is 1.67. The molecule has 46 heavy (non-hydrogen) atoms. The number of nitrogens with zero attached hydrogens (tertiary/aromatic N) is 6. The molecule has 2 N–H and O–H groups in total. The first-order chi connectivity index (χ1) is 22.0. The number of benzene rings is 2. The summed E-state index contributed by atoms with van der Waals surface area (Å²) in [5.74, 6) is -2.11. The molecule has 2 aromatic carbocycles. The van der Waals surface area contributed by atoms with Gasteiger partial charge < -0.3 is 10.6 Å². The molecule has 0 spiro atoms. The minimum atomic E-state index is -1.40. The highest BCUT2D eigenvalue weighted by Crippen LogP contribution is 2.47. The molecule has 0 bridgehead atoms. The van der Waals surface area contributed by atoms with Crippen LogP contribution in [-0.4, -0.2) is 43.0 Å². The topological polar surface area (TPSA) is 146 Å². The fourth-order valence-electron chi connectivity index (χ4n) is 6.01. The van der Waals surface area contributed by atoms with Gasteiger partial charge in [0.15, 0.2) is 5.82 Å². The van der Waals surface area contributed by atoms with Crippen molar-refractivity contribution in [3.05, 3.63) is 99.3 Å². The zero-order valence-electron chi connectivity index (χ0n) is 24.4. The number of hydrogen-bond acceptors (Lipinski definition) is 7. The Hall–Kier alpha value is -4.86. The second-order valence-corrected chi connectivity index (χ2v) is 12.9. The number of carbonyl (C=O) groups excluding carboxylic acids is 3. The van der Waals surface area contributed by atoms with Gasteiger partial charge in [0.25, 0.3) is 11.8 Å². The summed E-state index contributed by atoms with van der Waals surface area (Å²) in [6.07, 6.45) is 5.30. The van der Waals surface area contributed by atoms with Crippen LogP contribution < -0.4 is 15.5 Å². The predicted octanol–water partition coefficient (Wildman–Crippen LogP) is 4.69. The summed E-state index contributed by atoms with van der Waals surface area (Å²) in [5.41, 5.74) is -1.10. The molecule has 2 aromatic heterocycles. The summed E-state index contributed by atoms with van der Waals surface area (Å²) >= 11 is 12.2. The molecule has 232 valence electrons. The van der Waals surface area contributed by atoms with E-state index < -0.39 is 34.2 Å². The van der Waals surface area contributed by atoms with Crippen LogP contribution in [0.3, 0.4) is 0 Å². The average Bonchev–Trinajstić information content (AvgIpc) is 3.96. The molecule has 3 aliphatic rings. The highest BCUT2D eigenvalue weighted by atomic mass is 35.5. The SMILES string of the molecule is C[C@@]1(Cc2ccc(C#N)cc2)C(=O)N(c2cc(Cl)c(F)c(Cl)c2)c2ncc(C(=O)NC3(C(=O)NC4(c5cccnn5)CC4)CC3)n21. The Balaban J connectivity index is 1.23. The normalized spacial score (nSPS) is 20.1. The highest BCUT2D eigenvalue weighted by Gasteiger charge is 2.57. The number of aromatic nitrogens is 4. The fourth-order valence-corrected chi connectivity index (χ4v) is 6.48. The first-order valence-electron chi connectivity index (χ1n) is 14.5. The fraction of sp³-hybridized carbons (Fsp3) is 0.281. The lowest BCUT2D eigenvalue weighted by molar-refractivity contribution is -0.125. The Morgan fingerprint density at radius 1 is 1.07 bits per heavy atom. The summed E-state index contributed by atoms with van der Waals surface area (Å²) < 4.78 is 15.8. The Morgan fingerprint density at radius 3 is 2.35 bits per heavy atom. The third kappa shape index (κ3) is 4.78. The van der Waals surface area contributed by atoms with Crippen molar-refractivity contribution in [3.63, 3.8) is 0 Å². The number of anilines is 2. The standard InChI is InChI=1S/C32H25Cl2FN8O3/c1-30(15-18-4-6-19(16-36)7-5-18)28(46)42(20-13-21(33)25(35)22(34)14-20)29-37-17-23(43(29)30)26(44)39-32(10-11-32)27(45)40-31(8-9-31)24-3-2-12-38-41-24/h2-7,12-14,17H,8-11,15H2,1H3,(H,39,44)(H,40,45)/t30-/m1/s1. The lowest BCUT2D eigenvalue weighted by atomic mass is 9.91. The van der Waals surface area contributed by atoms with Gasteiger partial charge in [0.2, 0.25) is 11.9 Å². The maximum absolute atomic E-state index is 14.3. The van der Waals surface area contributed by atoms with Gasteiger partial charge in [-0.2, -0.15) is 15.5 Å². The predicted molar refractivity (Wildman–Crippen MR) is 165 cm³/mol. The summed E-state index contributed by atoms with van der Waals surface area (Å²) in [7, 11) is 0. The highest BCUT2D eigenvalue weighted by molar-refractivity contribution is 6.35. The van der Waals surface area contributed by atoms with Crippen LogP contribution in [0.1, 0.15) is 59.9 Å². The van der Waals surface area contributed by atoms with E-state index in [0.717, 1.165) is 5.56 Å². The number of carbonyl (C=O) groups is 3. The first-order valence-corrected chi connectivity index (χ1v) is 15.3. The Labute approximate surface area is 272 Å². The van der Waals surface area contributed by atoms with Crippen LogP contribution in [0.5, 0.6) is 0 Å². The van der Waals surface area contributed by atoms with E-state index in [9.17, 15) is 24.0 Å². The van der Waals surface area contributed by atoms with E-state index in [-0.39, 0.29) is 39.7 Å². The van der Waals surface area contributed by atoms with Gasteiger partial charge in [-0.15, -0.1) is 0 Å². The molecule has 4 aromatic rings. The third-order valence-corrected chi connectivity index (χ3v) is 9.44. The maximum atomic E-state index is 14.3. The van der Waals surface area contributed by atoms with Crippen molar-refractivity contribution in [1.82, 2.24) is 30.4 Å². The van der Waals surface area contributed by atoms with Gasteiger partial charge in [0.05, 0.1) is 44.8 Å². The Bertz CT molecular complexity index is 1950. The lowest BCUT2D eigenvalue weighted by Gasteiger charge is -2.27. The van der Waals surface area contributed by atoms with Crippen molar-refractivity contribution >= 4 is 52.6 Å². The van der Waals surface area contributed by atoms with Gasteiger partial charge in [0.1, 0.15) is 16.8 Å². The first kappa shape index (κ1) is 29.8. The van der Waals surface area contributed by atoms with Crippen molar-refractivity contribution in [2.24, 2.45) is 0 Å². The van der Waals surface area contributed by atoms with E-state index in [1.807, 2.05) is 6.07 Å². The van der Waals surface area contributed by atoms with Gasteiger partial charge >= 0.3 is 0 Å². The molecule has 2 aliphatic carbocycles. The molecule has 7 rings (SSSR count). The van der Waals surface area contributed by atoms with Crippen molar-refractivity contribution in [2.45, 2.75) is 55.6 Å². The Morgan fingerprint density at radius 2 is 1.76 bits per heavy atom. The van der Waals surface area contributed by atoms with Gasteiger partial charge in [-0.3, -0.25) is 19.0 Å². The molecular weight excluding hydrogens is 634 g/mol. The molecule has 1 atom stereocenters. The minimum Gasteiger partial charge on any atom is -0.343 e. The molecule has 14 heteroatoms. The molecule has 3 amide bonds. The molecule has 3 heterocycles. The number of halogens is 3. The number of hydrogen-bond donors (Lipinski definition) is 2. The van der Waals surface area contributed by atoms with E-state index >= 15 is 0 Å². The van der Waals surface area contributed by atoms with E-state index in [1.54, 1.807) is 43.5 Å². The molecule has 0 saturated heterocycles. The second-order valence-electron chi connectivity index (χ2n) is 12.1. The third-order valence-electron chi connectivity index (χ3n) is 8.89. The van der Waals surface area contributed by atoms with Crippen LogP contribution in [0.4, 0.5) is 16.0 Å². The van der Waals surface area contributed by atoms with Gasteiger partial charge in [0, 0.05) is 12.6 Å². The smallest absolute Gasteiger partial charge is 0.270 e. The Kier molecular flexibility index (Phi) is 6.88. The van der Waals surface area contributed by atoms with E-state index in [2.05, 4.69) is 31.9 Å². The molecule has 2 fully saturated rings. The molecule has 2 saturated carbocycles. The molecule has 0 radical (unpaired) electrons. The van der Waals surface area contributed by atoms with Crippen LogP contribution >= 0.6 is 23.2 Å². The number of amides is 3. The van der Waals surface area contributed by atoms with Gasteiger partial charge in [-0.1, -0.05) is 35.3 Å². The second kappa shape index (κ2) is 10.6. The van der Waals surface area contributed by atoms with E-state index in [0.29, 0.717) is 36.9 Å². The zero-order valence-corrected chi connectivity index (χ0v) is 25.9. The number of rotatable bonds is 8. The molecule has 11 nitrogen and oxygen atoms in total. The van der Waals surface area contributed by atoms with E-state index in [4.69, 9.17) is 23.2 Å². The monoisotopic (exact) mass is 658 g/mol. The number of fused-ring (bicyclic) bond motifs is 1.